The van der Waals surface area contributed by atoms with Crippen molar-refractivity contribution in [3.05, 3.63) is 57.6 Å². The van der Waals surface area contributed by atoms with E-state index < -0.39 is 0 Å². The maximum Gasteiger partial charge on any atom is 0.246 e. The van der Waals surface area contributed by atoms with Gasteiger partial charge in [-0.1, -0.05) is 29.3 Å². The smallest absolute Gasteiger partial charge is 0.246 e. The molecule has 1 aliphatic rings. The normalized spacial score (nSPS) is 14.2. The molecule has 0 radical (unpaired) electrons. The van der Waals surface area contributed by atoms with E-state index in [2.05, 4.69) is 22.8 Å². The average Bonchev–Trinajstić information content (AvgIpc) is 2.97. The van der Waals surface area contributed by atoms with Gasteiger partial charge in [-0.3, -0.25) is 4.79 Å². The number of carbonyl (C=O) groups excluding carboxylic acids is 1. The molecule has 1 atom stereocenters. The van der Waals surface area contributed by atoms with Gasteiger partial charge in [-0.25, -0.2) is 0 Å². The number of carbonyl (C=O) groups is 1. The highest BCUT2D eigenvalue weighted by Crippen LogP contribution is 2.27. The lowest BCUT2D eigenvalue weighted by Gasteiger charge is -2.16. The van der Waals surface area contributed by atoms with Crippen LogP contribution in [-0.4, -0.2) is 11.9 Å². The fourth-order valence-corrected chi connectivity index (χ4v) is 3.26. The molecule has 2 aromatic rings. The zero-order chi connectivity index (χ0) is 16.4. The number of fused-ring (bicyclic) bond motifs is 1. The Hall–Kier alpha value is -1.71. The van der Waals surface area contributed by atoms with E-state index in [0.717, 1.165) is 18.5 Å². The molecule has 0 fully saturated rings. The summed E-state index contributed by atoms with van der Waals surface area (Å²) < 4.78 is 0. The summed E-state index contributed by atoms with van der Waals surface area (Å²) in [6.07, 6.45) is 3.48. The van der Waals surface area contributed by atoms with E-state index in [0.29, 0.717) is 15.7 Å². The van der Waals surface area contributed by atoms with Gasteiger partial charge in [-0.15, -0.1) is 0 Å². The number of hydrogen-bond acceptors (Lipinski definition) is 2. The molecule has 3 nitrogen and oxygen atoms in total. The van der Waals surface area contributed by atoms with Crippen LogP contribution in [0, 0.1) is 0 Å². The Morgan fingerprint density at radius 3 is 2.65 bits per heavy atom. The highest BCUT2D eigenvalue weighted by Gasteiger charge is 2.16. The standard InChI is InChI=1S/C18H18Cl2N2O/c1-11(18(23)22-17-8-6-14(19)10-16(17)20)21-15-7-5-12-3-2-4-13(12)9-15/h5-11,21H,2-4H2,1H3,(H,22,23). The second kappa shape index (κ2) is 6.81. The monoisotopic (exact) mass is 348 g/mol. The van der Waals surface area contributed by atoms with E-state index in [1.807, 2.05) is 13.0 Å². The molecule has 0 aliphatic heterocycles. The first-order valence-corrected chi connectivity index (χ1v) is 8.43. The second-order valence-electron chi connectivity index (χ2n) is 5.82. The van der Waals surface area contributed by atoms with Crippen molar-refractivity contribution >= 4 is 40.5 Å². The predicted octanol–water partition coefficient (Wildman–Crippen LogP) is 4.92. The van der Waals surface area contributed by atoms with E-state index in [1.165, 1.54) is 17.5 Å². The number of benzene rings is 2. The molecule has 0 saturated heterocycles. The van der Waals surface area contributed by atoms with Crippen LogP contribution < -0.4 is 10.6 Å². The van der Waals surface area contributed by atoms with Crippen LogP contribution in [0.2, 0.25) is 10.0 Å². The average molecular weight is 349 g/mol. The molecule has 3 rings (SSSR count). The third-order valence-electron chi connectivity index (χ3n) is 4.06. The molecule has 0 spiro atoms. The zero-order valence-electron chi connectivity index (χ0n) is 12.8. The van der Waals surface area contributed by atoms with Crippen molar-refractivity contribution in [2.75, 3.05) is 10.6 Å². The molecule has 0 aromatic heterocycles. The summed E-state index contributed by atoms with van der Waals surface area (Å²) in [4.78, 5) is 12.3. The van der Waals surface area contributed by atoms with Crippen LogP contribution in [0.5, 0.6) is 0 Å². The van der Waals surface area contributed by atoms with Gasteiger partial charge in [0.2, 0.25) is 5.91 Å². The van der Waals surface area contributed by atoms with E-state index >= 15 is 0 Å². The minimum Gasteiger partial charge on any atom is -0.374 e. The summed E-state index contributed by atoms with van der Waals surface area (Å²) in [5, 5.41) is 7.02. The van der Waals surface area contributed by atoms with Gasteiger partial charge in [-0.2, -0.15) is 0 Å². The third kappa shape index (κ3) is 3.80. The Morgan fingerprint density at radius 2 is 1.87 bits per heavy atom. The van der Waals surface area contributed by atoms with Crippen LogP contribution >= 0.6 is 23.2 Å². The number of halogens is 2. The van der Waals surface area contributed by atoms with Gasteiger partial charge in [0.05, 0.1) is 10.7 Å². The van der Waals surface area contributed by atoms with E-state index in [4.69, 9.17) is 23.2 Å². The molecular formula is C18H18Cl2N2O. The molecule has 1 amide bonds. The number of aryl methyl sites for hydroxylation is 2. The fraction of sp³-hybridized carbons (Fsp3) is 0.278. The van der Waals surface area contributed by atoms with Crippen molar-refractivity contribution in [3.8, 4) is 0 Å². The zero-order valence-corrected chi connectivity index (χ0v) is 14.3. The predicted molar refractivity (Wildman–Crippen MR) is 96.6 cm³/mol. The van der Waals surface area contributed by atoms with Crippen LogP contribution in [0.25, 0.3) is 0 Å². The highest BCUT2D eigenvalue weighted by molar-refractivity contribution is 6.36. The van der Waals surface area contributed by atoms with Gasteiger partial charge >= 0.3 is 0 Å². The molecule has 120 valence electrons. The van der Waals surface area contributed by atoms with Crippen molar-refractivity contribution in [2.24, 2.45) is 0 Å². The quantitative estimate of drug-likeness (QED) is 0.823. The van der Waals surface area contributed by atoms with Crippen molar-refractivity contribution in [2.45, 2.75) is 32.2 Å². The topological polar surface area (TPSA) is 41.1 Å². The van der Waals surface area contributed by atoms with Crippen molar-refractivity contribution in [3.63, 3.8) is 0 Å². The van der Waals surface area contributed by atoms with Gasteiger partial charge in [-0.05, 0) is 67.6 Å². The Bertz CT molecular complexity index is 746. The second-order valence-corrected chi connectivity index (χ2v) is 6.66. The maximum atomic E-state index is 12.3. The first-order chi connectivity index (χ1) is 11.0. The first kappa shape index (κ1) is 16.2. The molecule has 0 saturated carbocycles. The molecule has 5 heteroatoms. The molecule has 23 heavy (non-hydrogen) atoms. The Labute approximate surface area is 146 Å². The summed E-state index contributed by atoms with van der Waals surface area (Å²) in [5.41, 5.74) is 4.32. The van der Waals surface area contributed by atoms with Crippen LogP contribution in [0.15, 0.2) is 36.4 Å². The van der Waals surface area contributed by atoms with Crippen LogP contribution in [0.1, 0.15) is 24.5 Å². The first-order valence-electron chi connectivity index (χ1n) is 7.67. The Balaban J connectivity index is 1.65. The van der Waals surface area contributed by atoms with Gasteiger partial charge in [0.1, 0.15) is 6.04 Å². The van der Waals surface area contributed by atoms with Crippen LogP contribution in [0.3, 0.4) is 0 Å². The van der Waals surface area contributed by atoms with Crippen molar-refractivity contribution in [1.29, 1.82) is 0 Å². The summed E-state index contributed by atoms with van der Waals surface area (Å²) in [6, 6.07) is 10.9. The van der Waals surface area contributed by atoms with E-state index in [1.54, 1.807) is 18.2 Å². The summed E-state index contributed by atoms with van der Waals surface area (Å²) in [6.45, 7) is 1.83. The Kier molecular flexibility index (Phi) is 4.79. The largest absolute Gasteiger partial charge is 0.374 e. The molecule has 1 aliphatic carbocycles. The summed E-state index contributed by atoms with van der Waals surface area (Å²) in [5.74, 6) is -0.144. The molecular weight excluding hydrogens is 331 g/mol. The van der Waals surface area contributed by atoms with E-state index in [-0.39, 0.29) is 11.9 Å². The van der Waals surface area contributed by atoms with Crippen LogP contribution in [0.4, 0.5) is 11.4 Å². The van der Waals surface area contributed by atoms with Crippen molar-refractivity contribution < 1.29 is 4.79 Å². The minimum absolute atomic E-state index is 0.144. The number of rotatable bonds is 4. The summed E-state index contributed by atoms with van der Waals surface area (Å²) in [7, 11) is 0. The van der Waals surface area contributed by atoms with Gasteiger partial charge in [0.15, 0.2) is 0 Å². The highest BCUT2D eigenvalue weighted by atomic mass is 35.5. The lowest BCUT2D eigenvalue weighted by Crippen LogP contribution is -2.32. The molecule has 1 unspecified atom stereocenters. The SMILES string of the molecule is CC(Nc1ccc2c(c1)CCC2)C(=O)Nc1ccc(Cl)cc1Cl. The minimum atomic E-state index is -0.374. The lowest BCUT2D eigenvalue weighted by molar-refractivity contribution is -0.116. The van der Waals surface area contributed by atoms with Gasteiger partial charge in [0, 0.05) is 10.7 Å². The molecule has 2 N–H and O–H groups in total. The summed E-state index contributed by atoms with van der Waals surface area (Å²) >= 11 is 11.9. The van der Waals surface area contributed by atoms with Gasteiger partial charge in [0.25, 0.3) is 0 Å². The number of amides is 1. The third-order valence-corrected chi connectivity index (χ3v) is 4.61. The number of anilines is 2. The Morgan fingerprint density at radius 1 is 1.09 bits per heavy atom. The van der Waals surface area contributed by atoms with Gasteiger partial charge < -0.3 is 10.6 Å². The number of hydrogen-bond donors (Lipinski definition) is 2. The van der Waals surface area contributed by atoms with E-state index in [9.17, 15) is 4.79 Å². The molecule has 0 bridgehead atoms. The molecule has 0 heterocycles. The maximum absolute atomic E-state index is 12.3. The number of nitrogens with one attached hydrogen (secondary N) is 2. The fourth-order valence-electron chi connectivity index (χ4n) is 2.81. The van der Waals surface area contributed by atoms with Crippen molar-refractivity contribution in [1.82, 2.24) is 0 Å². The lowest BCUT2D eigenvalue weighted by atomic mass is 10.1. The molecule has 2 aromatic carbocycles. The van der Waals surface area contributed by atoms with Crippen LogP contribution in [-0.2, 0) is 17.6 Å².